The van der Waals surface area contributed by atoms with Crippen LogP contribution >= 0.6 is 11.3 Å². The summed E-state index contributed by atoms with van der Waals surface area (Å²) in [6, 6.07) is 22.3. The van der Waals surface area contributed by atoms with Crippen molar-refractivity contribution >= 4 is 27.5 Å². The highest BCUT2D eigenvalue weighted by molar-refractivity contribution is 7.21. The van der Waals surface area contributed by atoms with E-state index in [0.29, 0.717) is 38.0 Å². The van der Waals surface area contributed by atoms with Crippen LogP contribution in [0.15, 0.2) is 77.2 Å². The Labute approximate surface area is 217 Å². The molecule has 5 aromatic rings. The van der Waals surface area contributed by atoms with Crippen molar-refractivity contribution in [3.63, 3.8) is 0 Å². The molecule has 0 N–H and O–H groups in total. The average Bonchev–Trinajstić information content (AvgIpc) is 3.56. The fourth-order valence-electron chi connectivity index (χ4n) is 4.74. The standard InChI is InChI=1S/C28H24FN5O2S/c1-18-31-32-26(36-18)25(19-7-3-2-4-8-19)33-13-15-34(16-14-33)28(35)21-17-20(11-12-22(21)29)27-30-23-9-5-6-10-24(23)37-27/h2-12,17,25H,13-16H2,1H3. The van der Waals surface area contributed by atoms with E-state index in [0.717, 1.165) is 26.4 Å². The zero-order valence-electron chi connectivity index (χ0n) is 20.2. The second-order valence-corrected chi connectivity index (χ2v) is 10.0. The Bertz CT molecular complexity index is 1530. The quantitative estimate of drug-likeness (QED) is 0.316. The monoisotopic (exact) mass is 513 g/mol. The minimum atomic E-state index is -0.527. The van der Waals surface area contributed by atoms with Crippen molar-refractivity contribution in [2.24, 2.45) is 0 Å². The average molecular weight is 514 g/mol. The Morgan fingerprint density at radius 2 is 1.73 bits per heavy atom. The number of halogens is 1. The van der Waals surface area contributed by atoms with E-state index in [-0.39, 0.29) is 17.5 Å². The number of carbonyl (C=O) groups is 1. The second-order valence-electron chi connectivity index (χ2n) is 8.98. The van der Waals surface area contributed by atoms with Gasteiger partial charge in [-0.25, -0.2) is 9.37 Å². The number of aromatic nitrogens is 3. The molecular formula is C28H24FN5O2S. The molecule has 1 atom stereocenters. The van der Waals surface area contributed by atoms with Crippen molar-refractivity contribution in [1.82, 2.24) is 25.0 Å². The number of carbonyl (C=O) groups excluding carboxylic acids is 1. The molecule has 186 valence electrons. The minimum Gasteiger partial charge on any atom is -0.423 e. The lowest BCUT2D eigenvalue weighted by molar-refractivity contribution is 0.0573. The van der Waals surface area contributed by atoms with E-state index in [1.807, 2.05) is 54.6 Å². The van der Waals surface area contributed by atoms with Crippen LogP contribution in [0.4, 0.5) is 4.39 Å². The number of rotatable bonds is 5. The summed E-state index contributed by atoms with van der Waals surface area (Å²) < 4.78 is 21.7. The normalized spacial score (nSPS) is 15.2. The van der Waals surface area contributed by atoms with Gasteiger partial charge in [-0.3, -0.25) is 9.69 Å². The number of amides is 1. The Balaban J connectivity index is 1.21. The number of hydrogen-bond donors (Lipinski definition) is 0. The number of hydrogen-bond acceptors (Lipinski definition) is 7. The number of aryl methyl sites for hydroxylation is 1. The summed E-state index contributed by atoms with van der Waals surface area (Å²) in [6.07, 6.45) is 0. The Morgan fingerprint density at radius 3 is 2.46 bits per heavy atom. The largest absolute Gasteiger partial charge is 0.423 e. The number of para-hydroxylation sites is 1. The second kappa shape index (κ2) is 9.84. The third kappa shape index (κ3) is 4.63. The van der Waals surface area contributed by atoms with E-state index in [2.05, 4.69) is 20.1 Å². The van der Waals surface area contributed by atoms with E-state index in [9.17, 15) is 9.18 Å². The van der Waals surface area contributed by atoms with E-state index < -0.39 is 5.82 Å². The zero-order valence-corrected chi connectivity index (χ0v) is 21.0. The fourth-order valence-corrected chi connectivity index (χ4v) is 5.70. The molecule has 0 spiro atoms. The Morgan fingerprint density at radius 1 is 0.973 bits per heavy atom. The molecule has 7 nitrogen and oxygen atoms in total. The molecular weight excluding hydrogens is 489 g/mol. The molecule has 1 aliphatic heterocycles. The highest BCUT2D eigenvalue weighted by atomic mass is 32.1. The fraction of sp³-hybridized carbons (Fsp3) is 0.214. The number of benzene rings is 3. The highest BCUT2D eigenvalue weighted by Crippen LogP contribution is 2.32. The van der Waals surface area contributed by atoms with Crippen molar-refractivity contribution in [2.75, 3.05) is 26.2 Å². The first-order valence-corrected chi connectivity index (χ1v) is 12.9. The highest BCUT2D eigenvalue weighted by Gasteiger charge is 2.32. The number of nitrogens with zero attached hydrogens (tertiary/aromatic N) is 5. The molecule has 37 heavy (non-hydrogen) atoms. The van der Waals surface area contributed by atoms with E-state index in [4.69, 9.17) is 4.42 Å². The molecule has 1 unspecified atom stereocenters. The van der Waals surface area contributed by atoms with Crippen LogP contribution in [-0.4, -0.2) is 57.1 Å². The number of piperazine rings is 1. The van der Waals surface area contributed by atoms with Gasteiger partial charge in [0.25, 0.3) is 5.91 Å². The van der Waals surface area contributed by atoms with Crippen LogP contribution in [0.25, 0.3) is 20.8 Å². The van der Waals surface area contributed by atoms with Gasteiger partial charge in [0, 0.05) is 38.7 Å². The topological polar surface area (TPSA) is 75.4 Å². The summed E-state index contributed by atoms with van der Waals surface area (Å²) in [6.45, 7) is 3.87. The van der Waals surface area contributed by atoms with Crippen molar-refractivity contribution in [2.45, 2.75) is 13.0 Å². The Kier molecular flexibility index (Phi) is 6.23. The van der Waals surface area contributed by atoms with Crippen molar-refractivity contribution in [3.05, 3.63) is 102 Å². The molecule has 1 saturated heterocycles. The van der Waals surface area contributed by atoms with E-state index in [1.54, 1.807) is 24.0 Å². The minimum absolute atomic E-state index is 0.0670. The van der Waals surface area contributed by atoms with Gasteiger partial charge in [0.05, 0.1) is 15.8 Å². The molecule has 6 rings (SSSR count). The molecule has 3 heterocycles. The van der Waals surface area contributed by atoms with Crippen LogP contribution in [0.2, 0.25) is 0 Å². The summed E-state index contributed by atoms with van der Waals surface area (Å²) in [7, 11) is 0. The molecule has 9 heteroatoms. The number of fused-ring (bicyclic) bond motifs is 1. The maximum absolute atomic E-state index is 14.8. The van der Waals surface area contributed by atoms with Crippen LogP contribution in [-0.2, 0) is 0 Å². The van der Waals surface area contributed by atoms with E-state index >= 15 is 0 Å². The van der Waals surface area contributed by atoms with Gasteiger partial charge in [-0.15, -0.1) is 21.5 Å². The van der Waals surface area contributed by atoms with Gasteiger partial charge in [-0.2, -0.15) is 0 Å². The summed E-state index contributed by atoms with van der Waals surface area (Å²) in [4.78, 5) is 22.0. The first-order valence-electron chi connectivity index (χ1n) is 12.1. The lowest BCUT2D eigenvalue weighted by atomic mass is 10.0. The third-order valence-electron chi connectivity index (χ3n) is 6.60. The van der Waals surface area contributed by atoms with Gasteiger partial charge in [-0.1, -0.05) is 42.5 Å². The SMILES string of the molecule is Cc1nnc(C(c2ccccc2)N2CCN(C(=O)c3cc(-c4nc5ccccc5s4)ccc3F)CC2)o1. The number of thiazole rings is 1. The third-order valence-corrected chi connectivity index (χ3v) is 7.68. The smallest absolute Gasteiger partial charge is 0.256 e. The van der Waals surface area contributed by atoms with Crippen molar-refractivity contribution in [1.29, 1.82) is 0 Å². The molecule has 0 radical (unpaired) electrons. The predicted molar refractivity (Wildman–Crippen MR) is 140 cm³/mol. The predicted octanol–water partition coefficient (Wildman–Crippen LogP) is 5.34. The van der Waals surface area contributed by atoms with Gasteiger partial charge in [0.1, 0.15) is 16.9 Å². The summed E-state index contributed by atoms with van der Waals surface area (Å²) in [5.41, 5.74) is 2.73. The van der Waals surface area contributed by atoms with Crippen LogP contribution in [0.3, 0.4) is 0 Å². The molecule has 1 aliphatic rings. The van der Waals surface area contributed by atoms with Crippen LogP contribution in [0.5, 0.6) is 0 Å². The van der Waals surface area contributed by atoms with Gasteiger partial charge in [0.2, 0.25) is 11.8 Å². The molecule has 2 aromatic heterocycles. The maximum atomic E-state index is 14.8. The summed E-state index contributed by atoms with van der Waals surface area (Å²) in [5, 5.41) is 9.05. The van der Waals surface area contributed by atoms with Gasteiger partial charge in [0.15, 0.2) is 0 Å². The first kappa shape index (κ1) is 23.4. The molecule has 0 saturated carbocycles. The molecule has 1 fully saturated rings. The lowest BCUT2D eigenvalue weighted by Crippen LogP contribution is -2.50. The molecule has 3 aromatic carbocycles. The van der Waals surface area contributed by atoms with Crippen molar-refractivity contribution < 1.29 is 13.6 Å². The first-order chi connectivity index (χ1) is 18.1. The Hall–Kier alpha value is -3.95. The summed E-state index contributed by atoms with van der Waals surface area (Å²) in [5.74, 6) is 0.192. The van der Waals surface area contributed by atoms with Gasteiger partial charge in [-0.05, 0) is 35.9 Å². The van der Waals surface area contributed by atoms with Crippen molar-refractivity contribution in [3.8, 4) is 10.6 Å². The zero-order chi connectivity index (χ0) is 25.4. The lowest BCUT2D eigenvalue weighted by Gasteiger charge is -2.38. The van der Waals surface area contributed by atoms with Gasteiger partial charge < -0.3 is 9.32 Å². The summed E-state index contributed by atoms with van der Waals surface area (Å²) >= 11 is 1.53. The molecule has 1 amide bonds. The van der Waals surface area contributed by atoms with Crippen LogP contribution in [0.1, 0.15) is 33.7 Å². The van der Waals surface area contributed by atoms with Gasteiger partial charge >= 0.3 is 0 Å². The maximum Gasteiger partial charge on any atom is 0.256 e. The molecule has 0 aliphatic carbocycles. The van der Waals surface area contributed by atoms with E-state index in [1.165, 1.54) is 17.4 Å². The van der Waals surface area contributed by atoms with Crippen LogP contribution < -0.4 is 0 Å². The van der Waals surface area contributed by atoms with Crippen LogP contribution in [0, 0.1) is 12.7 Å². The molecule has 0 bridgehead atoms.